The Morgan fingerprint density at radius 2 is 2.18 bits per heavy atom. The maximum atomic E-state index is 11.5. The Kier molecular flexibility index (Phi) is 3.98. The van der Waals surface area contributed by atoms with Gasteiger partial charge in [-0.2, -0.15) is 0 Å². The first kappa shape index (κ1) is 13.8. The Morgan fingerprint density at radius 1 is 1.59 bits per heavy atom. The van der Waals surface area contributed by atoms with Crippen LogP contribution >= 0.6 is 0 Å². The predicted octanol–water partition coefficient (Wildman–Crippen LogP) is 0.576. The summed E-state index contributed by atoms with van der Waals surface area (Å²) in [5, 5.41) is 11.9. The predicted molar refractivity (Wildman–Crippen MR) is 59.3 cm³/mol. The number of amides is 1. The van der Waals surface area contributed by atoms with Crippen LogP contribution in [-0.2, 0) is 14.3 Å². The number of aliphatic hydroxyl groups is 1. The Balaban J connectivity index is 2.55. The van der Waals surface area contributed by atoms with Gasteiger partial charge in [0.05, 0.1) is 18.6 Å². The maximum absolute atomic E-state index is 11.5. The summed E-state index contributed by atoms with van der Waals surface area (Å²) in [6, 6.07) is -0.544. The molecule has 1 fully saturated rings. The average molecular weight is 245 g/mol. The minimum atomic E-state index is -0.832. The summed E-state index contributed by atoms with van der Waals surface area (Å²) in [6.45, 7) is 6.74. The number of carbonyl (C=O) groups is 2. The molecule has 0 aliphatic carbocycles. The van der Waals surface area contributed by atoms with Crippen LogP contribution in [0.2, 0.25) is 0 Å². The van der Waals surface area contributed by atoms with Gasteiger partial charge in [-0.25, -0.2) is 4.79 Å². The van der Waals surface area contributed by atoms with Crippen molar-refractivity contribution in [2.75, 3.05) is 0 Å². The summed E-state index contributed by atoms with van der Waals surface area (Å²) in [5.41, 5.74) is -0.603. The van der Waals surface area contributed by atoms with E-state index in [1.165, 1.54) is 6.92 Å². The number of rotatable bonds is 2. The molecule has 0 aromatic rings. The first-order valence-corrected chi connectivity index (χ1v) is 5.56. The lowest BCUT2D eigenvalue weighted by atomic mass is 10.1. The second kappa shape index (κ2) is 4.91. The third-order valence-corrected chi connectivity index (χ3v) is 2.23. The van der Waals surface area contributed by atoms with Crippen LogP contribution in [0.3, 0.4) is 0 Å². The summed E-state index contributed by atoms with van der Waals surface area (Å²) in [4.78, 5) is 22.6. The number of aliphatic hydroxyl groups excluding tert-OH is 1. The molecular weight excluding hydrogens is 226 g/mol. The molecular formula is C11H19NO5. The molecule has 0 unspecified atom stereocenters. The second-order valence-corrected chi connectivity index (χ2v) is 5.15. The standard InChI is InChI=1S/C11H19NO5/c1-6(13)9-7(5-8(14)16-9)12-10(15)17-11(2,3)4/h6-7,9,13H,5H2,1-4H3,(H,12,15)/t6-,7+,9-/m1/s1. The van der Waals surface area contributed by atoms with Crippen molar-refractivity contribution in [2.45, 2.75) is 58.0 Å². The Hall–Kier alpha value is -1.30. The monoisotopic (exact) mass is 245 g/mol. The smallest absolute Gasteiger partial charge is 0.408 e. The normalized spacial score (nSPS) is 26.3. The molecule has 0 aromatic heterocycles. The quantitative estimate of drug-likeness (QED) is 0.695. The molecule has 98 valence electrons. The van der Waals surface area contributed by atoms with Gasteiger partial charge in [0.2, 0.25) is 0 Å². The number of alkyl carbamates (subject to hydrolysis) is 1. The van der Waals surface area contributed by atoms with Gasteiger partial charge in [0.1, 0.15) is 11.7 Å². The van der Waals surface area contributed by atoms with Gasteiger partial charge in [-0.1, -0.05) is 0 Å². The Morgan fingerprint density at radius 3 is 2.65 bits per heavy atom. The highest BCUT2D eigenvalue weighted by Crippen LogP contribution is 2.19. The van der Waals surface area contributed by atoms with Gasteiger partial charge >= 0.3 is 12.1 Å². The molecule has 1 amide bonds. The third-order valence-electron chi connectivity index (χ3n) is 2.23. The van der Waals surface area contributed by atoms with E-state index in [2.05, 4.69) is 5.32 Å². The molecule has 6 heteroatoms. The molecule has 0 radical (unpaired) electrons. The topological polar surface area (TPSA) is 84.9 Å². The van der Waals surface area contributed by atoms with Crippen molar-refractivity contribution in [3.8, 4) is 0 Å². The SMILES string of the molecule is C[C@@H](O)[C@H]1OC(=O)C[C@@H]1NC(=O)OC(C)(C)C. The van der Waals surface area contributed by atoms with E-state index >= 15 is 0 Å². The van der Waals surface area contributed by atoms with Crippen LogP contribution < -0.4 is 5.32 Å². The number of hydrogen-bond donors (Lipinski definition) is 2. The zero-order valence-corrected chi connectivity index (χ0v) is 10.5. The summed E-state index contributed by atoms with van der Waals surface area (Å²) in [6.07, 6.45) is -2.11. The molecule has 1 aliphatic heterocycles. The van der Waals surface area contributed by atoms with Crippen LogP contribution in [0.15, 0.2) is 0 Å². The fourth-order valence-electron chi connectivity index (χ4n) is 1.60. The lowest BCUT2D eigenvalue weighted by Gasteiger charge is -2.24. The fourth-order valence-corrected chi connectivity index (χ4v) is 1.60. The number of carbonyl (C=O) groups excluding carboxylic acids is 2. The number of ether oxygens (including phenoxy) is 2. The first-order valence-electron chi connectivity index (χ1n) is 5.56. The second-order valence-electron chi connectivity index (χ2n) is 5.15. The van der Waals surface area contributed by atoms with E-state index in [0.717, 1.165) is 0 Å². The zero-order chi connectivity index (χ0) is 13.2. The van der Waals surface area contributed by atoms with Crippen molar-refractivity contribution in [1.82, 2.24) is 5.32 Å². The van der Waals surface area contributed by atoms with Gasteiger partial charge in [0.15, 0.2) is 0 Å². The van der Waals surface area contributed by atoms with Crippen LogP contribution in [0.1, 0.15) is 34.1 Å². The summed E-state index contributed by atoms with van der Waals surface area (Å²) < 4.78 is 9.97. The van der Waals surface area contributed by atoms with E-state index in [0.29, 0.717) is 0 Å². The van der Waals surface area contributed by atoms with Gasteiger partial charge in [-0.3, -0.25) is 4.79 Å². The van der Waals surface area contributed by atoms with E-state index in [4.69, 9.17) is 9.47 Å². The number of hydrogen-bond acceptors (Lipinski definition) is 5. The molecule has 3 atom stereocenters. The number of nitrogens with one attached hydrogen (secondary N) is 1. The van der Waals surface area contributed by atoms with Crippen molar-refractivity contribution >= 4 is 12.1 Å². The molecule has 0 saturated carbocycles. The molecule has 1 heterocycles. The van der Waals surface area contributed by atoms with Crippen LogP contribution in [0.25, 0.3) is 0 Å². The largest absolute Gasteiger partial charge is 0.457 e. The highest BCUT2D eigenvalue weighted by molar-refractivity contribution is 5.75. The lowest BCUT2D eigenvalue weighted by Crippen LogP contribution is -2.46. The lowest BCUT2D eigenvalue weighted by molar-refractivity contribution is -0.145. The first-order chi connectivity index (χ1) is 7.69. The number of cyclic esters (lactones) is 1. The van der Waals surface area contributed by atoms with Gasteiger partial charge in [-0.15, -0.1) is 0 Å². The van der Waals surface area contributed by atoms with Gasteiger partial charge in [0, 0.05) is 0 Å². The summed E-state index contributed by atoms with van der Waals surface area (Å²) >= 11 is 0. The third kappa shape index (κ3) is 4.22. The molecule has 2 N–H and O–H groups in total. The van der Waals surface area contributed by atoms with Crippen molar-refractivity contribution in [2.24, 2.45) is 0 Å². The minimum Gasteiger partial charge on any atom is -0.457 e. The van der Waals surface area contributed by atoms with E-state index in [-0.39, 0.29) is 6.42 Å². The van der Waals surface area contributed by atoms with Crippen LogP contribution in [0, 0.1) is 0 Å². The summed E-state index contributed by atoms with van der Waals surface area (Å²) in [5.74, 6) is -0.433. The molecule has 6 nitrogen and oxygen atoms in total. The minimum absolute atomic E-state index is 0.0504. The van der Waals surface area contributed by atoms with Crippen LogP contribution in [0.5, 0.6) is 0 Å². The zero-order valence-electron chi connectivity index (χ0n) is 10.5. The van der Waals surface area contributed by atoms with E-state index in [9.17, 15) is 14.7 Å². The van der Waals surface area contributed by atoms with E-state index in [1.54, 1.807) is 20.8 Å². The molecule has 1 saturated heterocycles. The van der Waals surface area contributed by atoms with Gasteiger partial charge in [0.25, 0.3) is 0 Å². The van der Waals surface area contributed by atoms with Crippen molar-refractivity contribution < 1.29 is 24.2 Å². The van der Waals surface area contributed by atoms with E-state index in [1.807, 2.05) is 0 Å². The van der Waals surface area contributed by atoms with Crippen molar-refractivity contribution in [1.29, 1.82) is 0 Å². The van der Waals surface area contributed by atoms with E-state index < -0.39 is 35.9 Å². The molecule has 1 rings (SSSR count). The highest BCUT2D eigenvalue weighted by atomic mass is 16.6. The van der Waals surface area contributed by atoms with Crippen LogP contribution in [-0.4, -0.2) is 41.0 Å². The fraction of sp³-hybridized carbons (Fsp3) is 0.818. The van der Waals surface area contributed by atoms with Crippen molar-refractivity contribution in [3.05, 3.63) is 0 Å². The molecule has 1 aliphatic rings. The van der Waals surface area contributed by atoms with Crippen LogP contribution in [0.4, 0.5) is 4.79 Å². The molecule has 17 heavy (non-hydrogen) atoms. The Bertz CT molecular complexity index is 307. The average Bonchev–Trinajstić information content (AvgIpc) is 2.42. The molecule has 0 aromatic carbocycles. The van der Waals surface area contributed by atoms with Gasteiger partial charge in [-0.05, 0) is 27.7 Å². The van der Waals surface area contributed by atoms with Gasteiger partial charge < -0.3 is 19.9 Å². The number of esters is 1. The maximum Gasteiger partial charge on any atom is 0.408 e. The summed E-state index contributed by atoms with van der Waals surface area (Å²) in [7, 11) is 0. The highest BCUT2D eigenvalue weighted by Gasteiger charge is 2.39. The molecule has 0 bridgehead atoms. The van der Waals surface area contributed by atoms with Crippen molar-refractivity contribution in [3.63, 3.8) is 0 Å². The Labute approximate surface area is 100 Å². The molecule has 0 spiro atoms.